The van der Waals surface area contributed by atoms with Crippen LogP contribution in [0.25, 0.3) is 0 Å². The summed E-state index contributed by atoms with van der Waals surface area (Å²) in [7, 11) is 3.26. The minimum Gasteiger partial charge on any atom is -0.465 e. The Morgan fingerprint density at radius 2 is 2.17 bits per heavy atom. The Kier molecular flexibility index (Phi) is 3.40. The molecule has 0 unspecified atom stereocenters. The minimum absolute atomic E-state index is 0.0421. The molecule has 2 aromatic rings. The first kappa shape index (κ1) is 14.9. The Bertz CT molecular complexity index is 827. The fraction of sp³-hybridized carbons (Fsp3) is 0.389. The summed E-state index contributed by atoms with van der Waals surface area (Å²) in [5, 5.41) is 4.19. The van der Waals surface area contributed by atoms with Gasteiger partial charge in [-0.1, -0.05) is 0 Å². The van der Waals surface area contributed by atoms with E-state index in [2.05, 4.69) is 5.10 Å². The van der Waals surface area contributed by atoms with Crippen molar-refractivity contribution in [2.24, 2.45) is 13.0 Å². The van der Waals surface area contributed by atoms with E-state index in [9.17, 15) is 9.59 Å². The highest BCUT2D eigenvalue weighted by atomic mass is 16.5. The maximum absolute atomic E-state index is 12.8. The van der Waals surface area contributed by atoms with Crippen LogP contribution < -0.4 is 4.90 Å². The maximum Gasteiger partial charge on any atom is 0.337 e. The number of esters is 1. The van der Waals surface area contributed by atoms with Gasteiger partial charge in [0.1, 0.15) is 0 Å². The summed E-state index contributed by atoms with van der Waals surface area (Å²) >= 11 is 0. The van der Waals surface area contributed by atoms with Gasteiger partial charge in [-0.05, 0) is 48.1 Å². The standard InChI is InChI=1S/C18H19N3O3/c1-20-10-13(9-19-20)14-8-15(14)17(22)21-6-5-11-7-12(18(23)24-2)3-4-16(11)21/h3-4,7,9-10,14-15H,5-6,8H2,1-2H3/t14-,15-/m0/s1. The third-order valence-electron chi connectivity index (χ3n) is 4.92. The SMILES string of the molecule is COC(=O)c1ccc2c(c1)CCN2C(=O)[C@H]1C[C@H]1c1cnn(C)c1. The number of aryl methyl sites for hydroxylation is 1. The molecule has 1 amide bonds. The van der Waals surface area contributed by atoms with Gasteiger partial charge in [0.15, 0.2) is 0 Å². The number of methoxy groups -OCH3 is 1. The summed E-state index contributed by atoms with van der Waals surface area (Å²) in [6, 6.07) is 5.41. The van der Waals surface area contributed by atoms with E-state index in [-0.39, 0.29) is 23.7 Å². The highest BCUT2D eigenvalue weighted by Crippen LogP contribution is 2.49. The van der Waals surface area contributed by atoms with E-state index in [1.807, 2.05) is 36.5 Å². The van der Waals surface area contributed by atoms with Crippen LogP contribution in [0, 0.1) is 5.92 Å². The van der Waals surface area contributed by atoms with Crippen molar-refractivity contribution in [2.45, 2.75) is 18.8 Å². The molecule has 2 heterocycles. The normalized spacial score (nSPS) is 21.5. The largest absolute Gasteiger partial charge is 0.465 e. The molecule has 1 saturated carbocycles. The first-order chi connectivity index (χ1) is 11.6. The van der Waals surface area contributed by atoms with E-state index in [0.717, 1.165) is 29.7 Å². The molecule has 6 nitrogen and oxygen atoms in total. The van der Waals surface area contributed by atoms with E-state index in [4.69, 9.17) is 4.74 Å². The van der Waals surface area contributed by atoms with Gasteiger partial charge in [-0.2, -0.15) is 5.10 Å². The first-order valence-corrected chi connectivity index (χ1v) is 8.09. The molecule has 2 atom stereocenters. The summed E-state index contributed by atoms with van der Waals surface area (Å²) in [6.07, 6.45) is 5.49. The Morgan fingerprint density at radius 1 is 1.33 bits per heavy atom. The van der Waals surface area contributed by atoms with Gasteiger partial charge in [0.25, 0.3) is 0 Å². The lowest BCUT2D eigenvalue weighted by atomic mass is 10.1. The van der Waals surface area contributed by atoms with Crippen LogP contribution in [0.15, 0.2) is 30.6 Å². The zero-order valence-corrected chi connectivity index (χ0v) is 13.7. The van der Waals surface area contributed by atoms with E-state index in [1.165, 1.54) is 7.11 Å². The van der Waals surface area contributed by atoms with Crippen LogP contribution in [0.5, 0.6) is 0 Å². The predicted molar refractivity (Wildman–Crippen MR) is 87.9 cm³/mol. The molecule has 1 aliphatic heterocycles. The van der Waals surface area contributed by atoms with Crippen molar-refractivity contribution in [3.63, 3.8) is 0 Å². The molecule has 0 bridgehead atoms. The summed E-state index contributed by atoms with van der Waals surface area (Å²) in [4.78, 5) is 26.3. The molecule has 6 heteroatoms. The number of hydrogen-bond donors (Lipinski definition) is 0. The second-order valence-electron chi connectivity index (χ2n) is 6.47. The van der Waals surface area contributed by atoms with Crippen molar-refractivity contribution in [1.29, 1.82) is 0 Å². The first-order valence-electron chi connectivity index (χ1n) is 8.09. The van der Waals surface area contributed by atoms with Crippen molar-refractivity contribution in [2.75, 3.05) is 18.6 Å². The van der Waals surface area contributed by atoms with Gasteiger partial charge in [0.05, 0.1) is 18.9 Å². The fourth-order valence-corrected chi connectivity index (χ4v) is 3.54. The molecule has 24 heavy (non-hydrogen) atoms. The number of rotatable bonds is 3. The molecule has 0 saturated heterocycles. The number of ether oxygens (including phenoxy) is 1. The lowest BCUT2D eigenvalue weighted by molar-refractivity contribution is -0.119. The second-order valence-corrected chi connectivity index (χ2v) is 6.47. The minimum atomic E-state index is -0.346. The number of benzene rings is 1. The number of aromatic nitrogens is 2. The van der Waals surface area contributed by atoms with Crippen molar-refractivity contribution in [1.82, 2.24) is 9.78 Å². The zero-order valence-electron chi connectivity index (χ0n) is 13.7. The lowest BCUT2D eigenvalue weighted by Gasteiger charge is -2.17. The number of anilines is 1. The van der Waals surface area contributed by atoms with Gasteiger partial charge in [-0.3, -0.25) is 9.48 Å². The Balaban J connectivity index is 1.51. The lowest BCUT2D eigenvalue weighted by Crippen LogP contribution is -2.30. The molecule has 1 aliphatic carbocycles. The van der Waals surface area contributed by atoms with Gasteiger partial charge in [0.2, 0.25) is 5.91 Å². The fourth-order valence-electron chi connectivity index (χ4n) is 3.54. The molecule has 4 rings (SSSR count). The Morgan fingerprint density at radius 3 is 2.88 bits per heavy atom. The Labute approximate surface area is 140 Å². The second kappa shape index (κ2) is 5.47. The van der Waals surface area contributed by atoms with Gasteiger partial charge >= 0.3 is 5.97 Å². The zero-order chi connectivity index (χ0) is 16.8. The van der Waals surface area contributed by atoms with Crippen LogP contribution in [0.3, 0.4) is 0 Å². The average Bonchev–Trinajstić information content (AvgIpc) is 3.09. The number of amides is 1. The van der Waals surface area contributed by atoms with Crippen molar-refractivity contribution < 1.29 is 14.3 Å². The van der Waals surface area contributed by atoms with Crippen molar-refractivity contribution >= 4 is 17.6 Å². The molecule has 0 spiro atoms. The molecule has 2 aliphatic rings. The Hall–Kier alpha value is -2.63. The summed E-state index contributed by atoms with van der Waals surface area (Å²) in [5.41, 5.74) is 3.62. The molecule has 1 aromatic heterocycles. The number of carbonyl (C=O) groups excluding carboxylic acids is 2. The molecule has 1 fully saturated rings. The number of hydrogen-bond acceptors (Lipinski definition) is 4. The summed E-state index contributed by atoms with van der Waals surface area (Å²) in [6.45, 7) is 0.676. The summed E-state index contributed by atoms with van der Waals surface area (Å²) < 4.78 is 6.53. The summed E-state index contributed by atoms with van der Waals surface area (Å²) in [5.74, 6) is 0.153. The molecule has 0 radical (unpaired) electrons. The van der Waals surface area contributed by atoms with Crippen molar-refractivity contribution in [3.05, 3.63) is 47.3 Å². The quantitative estimate of drug-likeness (QED) is 0.809. The molecule has 0 N–H and O–H groups in total. The topological polar surface area (TPSA) is 64.4 Å². The van der Waals surface area contributed by atoms with E-state index >= 15 is 0 Å². The third kappa shape index (κ3) is 2.38. The van der Waals surface area contributed by atoms with Crippen LogP contribution in [0.1, 0.15) is 33.8 Å². The maximum atomic E-state index is 12.8. The van der Waals surface area contributed by atoms with Crippen LogP contribution in [0.4, 0.5) is 5.69 Å². The average molecular weight is 325 g/mol. The molecule has 1 aromatic carbocycles. The smallest absolute Gasteiger partial charge is 0.337 e. The number of nitrogens with zero attached hydrogens (tertiary/aromatic N) is 3. The molecular weight excluding hydrogens is 306 g/mol. The van der Waals surface area contributed by atoms with Crippen molar-refractivity contribution in [3.8, 4) is 0 Å². The predicted octanol–water partition coefficient (Wildman–Crippen LogP) is 1.90. The molecular formula is C18H19N3O3. The molecule has 124 valence electrons. The van der Waals surface area contributed by atoms with Crippen LogP contribution in [-0.4, -0.2) is 35.3 Å². The highest BCUT2D eigenvalue weighted by molar-refractivity contribution is 6.00. The number of carbonyl (C=O) groups is 2. The van der Waals surface area contributed by atoms with Crippen LogP contribution in [0.2, 0.25) is 0 Å². The van der Waals surface area contributed by atoms with E-state index in [0.29, 0.717) is 12.1 Å². The highest BCUT2D eigenvalue weighted by Gasteiger charge is 2.47. The van der Waals surface area contributed by atoms with Gasteiger partial charge < -0.3 is 9.64 Å². The number of fused-ring (bicyclic) bond motifs is 1. The van der Waals surface area contributed by atoms with Gasteiger partial charge in [0, 0.05) is 31.4 Å². The van der Waals surface area contributed by atoms with Gasteiger partial charge in [-0.15, -0.1) is 0 Å². The van der Waals surface area contributed by atoms with Crippen LogP contribution >= 0.6 is 0 Å². The van der Waals surface area contributed by atoms with Crippen LogP contribution in [-0.2, 0) is 23.0 Å². The van der Waals surface area contributed by atoms with E-state index in [1.54, 1.807) is 10.7 Å². The monoisotopic (exact) mass is 325 g/mol. The third-order valence-corrected chi connectivity index (χ3v) is 4.92. The van der Waals surface area contributed by atoms with E-state index < -0.39 is 0 Å². The van der Waals surface area contributed by atoms with Gasteiger partial charge in [-0.25, -0.2) is 4.79 Å².